The Labute approximate surface area is 100 Å². The van der Waals surface area contributed by atoms with Crippen LogP contribution in [0.15, 0.2) is 4.99 Å². The number of thioether (sulfide) groups is 1. The van der Waals surface area contributed by atoms with Gasteiger partial charge in [-0.25, -0.2) is 0 Å². The lowest BCUT2D eigenvalue weighted by Crippen LogP contribution is -2.44. The number of carbonyl (C=O) groups excluding carboxylic acids is 1. The van der Waals surface area contributed by atoms with Crippen LogP contribution < -0.4 is 10.6 Å². The summed E-state index contributed by atoms with van der Waals surface area (Å²) in [6.45, 7) is 5.84. The molecule has 1 heterocycles. The topological polar surface area (TPSA) is 62.7 Å². The first-order valence-electron chi connectivity index (χ1n) is 5.37. The molecule has 5 nitrogen and oxygen atoms in total. The number of aliphatic imine (C=N–C) groups is 1. The standard InChI is InChI=1S/C10H19N3O2S/c1-7-6-12-10(16-7)13-8(2)9(14)11-4-5-15-3/h7-8H,4-6H2,1-3H3,(H,11,14)(H,12,13). The lowest BCUT2D eigenvalue weighted by molar-refractivity contribution is -0.122. The molecule has 0 aromatic carbocycles. The number of amidine groups is 1. The fraction of sp³-hybridized carbons (Fsp3) is 0.800. The molecule has 16 heavy (non-hydrogen) atoms. The van der Waals surface area contributed by atoms with Crippen molar-refractivity contribution in [2.24, 2.45) is 4.99 Å². The quantitative estimate of drug-likeness (QED) is 0.680. The predicted molar refractivity (Wildman–Crippen MR) is 66.8 cm³/mol. The van der Waals surface area contributed by atoms with Crippen molar-refractivity contribution in [3.05, 3.63) is 0 Å². The maximum absolute atomic E-state index is 11.6. The smallest absolute Gasteiger partial charge is 0.242 e. The van der Waals surface area contributed by atoms with E-state index in [4.69, 9.17) is 4.74 Å². The number of methoxy groups -OCH3 is 1. The Balaban J connectivity index is 2.23. The Morgan fingerprint density at radius 1 is 1.75 bits per heavy atom. The van der Waals surface area contributed by atoms with Crippen LogP contribution in [0.5, 0.6) is 0 Å². The van der Waals surface area contributed by atoms with Gasteiger partial charge in [0.2, 0.25) is 5.91 Å². The molecule has 0 aromatic rings. The molecule has 2 atom stereocenters. The lowest BCUT2D eigenvalue weighted by Gasteiger charge is -2.14. The van der Waals surface area contributed by atoms with Crippen LogP contribution in [-0.2, 0) is 9.53 Å². The second-order valence-corrected chi connectivity index (χ2v) is 5.15. The van der Waals surface area contributed by atoms with Crippen molar-refractivity contribution in [2.45, 2.75) is 25.1 Å². The Hall–Kier alpha value is -0.750. The van der Waals surface area contributed by atoms with Crippen molar-refractivity contribution in [3.8, 4) is 0 Å². The van der Waals surface area contributed by atoms with Crippen LogP contribution in [0.4, 0.5) is 0 Å². The first-order chi connectivity index (χ1) is 7.63. The molecule has 1 aliphatic rings. The number of rotatable bonds is 5. The molecule has 92 valence electrons. The third kappa shape index (κ3) is 4.40. The van der Waals surface area contributed by atoms with Gasteiger partial charge in [-0.1, -0.05) is 18.7 Å². The van der Waals surface area contributed by atoms with Gasteiger partial charge in [-0.3, -0.25) is 9.79 Å². The second-order valence-electron chi connectivity index (χ2n) is 3.72. The molecule has 1 rings (SSSR count). The van der Waals surface area contributed by atoms with Crippen LogP contribution in [0, 0.1) is 0 Å². The minimum Gasteiger partial charge on any atom is -0.383 e. The van der Waals surface area contributed by atoms with E-state index in [0.717, 1.165) is 11.7 Å². The molecular formula is C10H19N3O2S. The van der Waals surface area contributed by atoms with E-state index in [0.29, 0.717) is 18.4 Å². The van der Waals surface area contributed by atoms with Gasteiger partial charge < -0.3 is 15.4 Å². The lowest BCUT2D eigenvalue weighted by atomic mass is 10.3. The first kappa shape index (κ1) is 13.3. The summed E-state index contributed by atoms with van der Waals surface area (Å²) in [5.74, 6) is -0.0279. The second kappa shape index (κ2) is 6.75. The molecule has 2 unspecified atom stereocenters. The van der Waals surface area contributed by atoms with Gasteiger partial charge in [-0.15, -0.1) is 0 Å². The number of ether oxygens (including phenoxy) is 1. The molecule has 0 saturated heterocycles. The van der Waals surface area contributed by atoms with Crippen molar-refractivity contribution in [1.29, 1.82) is 0 Å². The van der Waals surface area contributed by atoms with Crippen LogP contribution in [-0.4, -0.2) is 49.2 Å². The van der Waals surface area contributed by atoms with E-state index in [1.807, 2.05) is 6.92 Å². The number of nitrogens with zero attached hydrogens (tertiary/aromatic N) is 1. The maximum Gasteiger partial charge on any atom is 0.242 e. The average molecular weight is 245 g/mol. The summed E-state index contributed by atoms with van der Waals surface area (Å²) in [4.78, 5) is 15.9. The van der Waals surface area contributed by atoms with Gasteiger partial charge in [0.25, 0.3) is 0 Å². The summed E-state index contributed by atoms with van der Waals surface area (Å²) in [5.41, 5.74) is 0. The number of hydrogen-bond acceptors (Lipinski definition) is 5. The van der Waals surface area contributed by atoms with Gasteiger partial charge in [0.15, 0.2) is 5.17 Å². The van der Waals surface area contributed by atoms with E-state index in [-0.39, 0.29) is 11.9 Å². The highest BCUT2D eigenvalue weighted by molar-refractivity contribution is 8.14. The molecular weight excluding hydrogens is 226 g/mol. The van der Waals surface area contributed by atoms with Crippen LogP contribution in [0.1, 0.15) is 13.8 Å². The highest BCUT2D eigenvalue weighted by Gasteiger charge is 2.19. The molecule has 0 aromatic heterocycles. The van der Waals surface area contributed by atoms with Gasteiger partial charge in [0, 0.05) is 18.9 Å². The van der Waals surface area contributed by atoms with Crippen molar-refractivity contribution in [2.75, 3.05) is 26.8 Å². The third-order valence-electron chi connectivity index (χ3n) is 2.14. The van der Waals surface area contributed by atoms with E-state index in [1.165, 1.54) is 0 Å². The highest BCUT2D eigenvalue weighted by atomic mass is 32.2. The zero-order valence-corrected chi connectivity index (χ0v) is 10.8. The Bertz CT molecular complexity index is 271. The molecule has 2 N–H and O–H groups in total. The first-order valence-corrected chi connectivity index (χ1v) is 6.25. The Morgan fingerprint density at radius 2 is 2.50 bits per heavy atom. The summed E-state index contributed by atoms with van der Waals surface area (Å²) < 4.78 is 4.86. The molecule has 6 heteroatoms. The highest BCUT2D eigenvalue weighted by Crippen LogP contribution is 2.18. The summed E-state index contributed by atoms with van der Waals surface area (Å²) >= 11 is 1.67. The minimum absolute atomic E-state index is 0.0279. The van der Waals surface area contributed by atoms with Gasteiger partial charge >= 0.3 is 0 Å². The van der Waals surface area contributed by atoms with E-state index >= 15 is 0 Å². The van der Waals surface area contributed by atoms with Crippen LogP contribution >= 0.6 is 11.8 Å². The number of amides is 1. The molecule has 1 amide bonds. The summed E-state index contributed by atoms with van der Waals surface area (Å²) in [5, 5.41) is 7.24. The van der Waals surface area contributed by atoms with Gasteiger partial charge in [0.05, 0.1) is 13.2 Å². The molecule has 0 bridgehead atoms. The Kier molecular flexibility index (Phi) is 5.62. The van der Waals surface area contributed by atoms with Crippen molar-refractivity contribution < 1.29 is 9.53 Å². The maximum atomic E-state index is 11.6. The summed E-state index contributed by atoms with van der Waals surface area (Å²) in [7, 11) is 1.61. The van der Waals surface area contributed by atoms with Gasteiger partial charge in [-0.2, -0.15) is 0 Å². The van der Waals surface area contributed by atoms with Gasteiger partial charge in [0.1, 0.15) is 6.04 Å². The van der Waals surface area contributed by atoms with Crippen molar-refractivity contribution >= 4 is 22.8 Å². The average Bonchev–Trinajstić information content (AvgIpc) is 2.64. The van der Waals surface area contributed by atoms with E-state index in [1.54, 1.807) is 18.9 Å². The molecule has 0 saturated carbocycles. The Morgan fingerprint density at radius 3 is 3.06 bits per heavy atom. The van der Waals surface area contributed by atoms with E-state index < -0.39 is 0 Å². The summed E-state index contributed by atoms with van der Waals surface area (Å²) in [6, 6.07) is -0.256. The van der Waals surface area contributed by atoms with Crippen molar-refractivity contribution in [3.63, 3.8) is 0 Å². The SMILES string of the molecule is COCCNC(=O)C(C)NC1=NCC(C)S1. The number of carbonyl (C=O) groups is 1. The fourth-order valence-corrected chi connectivity index (χ4v) is 2.16. The van der Waals surface area contributed by atoms with Crippen LogP contribution in [0.25, 0.3) is 0 Å². The number of nitrogens with one attached hydrogen (secondary N) is 2. The zero-order valence-electron chi connectivity index (χ0n) is 9.95. The minimum atomic E-state index is -0.256. The number of hydrogen-bond donors (Lipinski definition) is 2. The molecule has 0 fully saturated rings. The van der Waals surface area contributed by atoms with Crippen LogP contribution in [0.2, 0.25) is 0 Å². The van der Waals surface area contributed by atoms with Gasteiger partial charge in [-0.05, 0) is 6.92 Å². The van der Waals surface area contributed by atoms with Crippen molar-refractivity contribution in [1.82, 2.24) is 10.6 Å². The van der Waals surface area contributed by atoms with E-state index in [2.05, 4.69) is 22.5 Å². The fourth-order valence-electron chi connectivity index (χ4n) is 1.24. The van der Waals surface area contributed by atoms with Crippen LogP contribution in [0.3, 0.4) is 0 Å². The molecule has 0 radical (unpaired) electrons. The molecule has 0 spiro atoms. The molecule has 1 aliphatic heterocycles. The summed E-state index contributed by atoms with van der Waals surface area (Å²) in [6.07, 6.45) is 0. The van der Waals surface area contributed by atoms with E-state index in [9.17, 15) is 4.79 Å². The predicted octanol–water partition coefficient (Wildman–Crippen LogP) is 0.218. The largest absolute Gasteiger partial charge is 0.383 e. The molecule has 0 aliphatic carbocycles. The monoisotopic (exact) mass is 245 g/mol. The normalized spacial score (nSPS) is 21.4. The zero-order chi connectivity index (χ0) is 12.0. The third-order valence-corrected chi connectivity index (χ3v) is 3.17.